The lowest BCUT2D eigenvalue weighted by molar-refractivity contribution is -0.140. The second-order valence-electron chi connectivity index (χ2n) is 19.9. The molecule has 3 saturated carbocycles. The van der Waals surface area contributed by atoms with Gasteiger partial charge in [-0.1, -0.05) is 79.4 Å². The van der Waals surface area contributed by atoms with Crippen LogP contribution in [0.3, 0.4) is 0 Å². The van der Waals surface area contributed by atoms with Crippen molar-refractivity contribution < 1.29 is 38.6 Å². The molecule has 66 heavy (non-hydrogen) atoms. The number of carbonyl (C=O) groups excluding carboxylic acids is 4. The van der Waals surface area contributed by atoms with E-state index in [-0.39, 0.29) is 34.5 Å². The molecule has 3 rings (SSSR count). The van der Waals surface area contributed by atoms with Crippen molar-refractivity contribution in [1.82, 2.24) is 21.3 Å². The molecule has 0 aromatic rings. The highest BCUT2D eigenvalue weighted by atomic mass is 33.1. The van der Waals surface area contributed by atoms with Crippen molar-refractivity contribution in [3.05, 3.63) is 0 Å². The van der Waals surface area contributed by atoms with Crippen LogP contribution in [-0.4, -0.2) is 128 Å². The van der Waals surface area contributed by atoms with Gasteiger partial charge in [-0.2, -0.15) is 23.5 Å². The van der Waals surface area contributed by atoms with Gasteiger partial charge in [-0.15, -0.1) is 0 Å². The predicted molar refractivity (Wildman–Crippen MR) is 281 cm³/mol. The highest BCUT2D eigenvalue weighted by Crippen LogP contribution is 2.40. The highest BCUT2D eigenvalue weighted by Gasteiger charge is 2.37. The van der Waals surface area contributed by atoms with Crippen LogP contribution < -0.4 is 38.5 Å². The minimum absolute atomic E-state index is 0.0898. The summed E-state index contributed by atoms with van der Waals surface area (Å²) in [7, 11) is 3.58. The molecule has 3 aliphatic rings. The monoisotopic (exact) mass is 1010 g/mol. The lowest BCUT2D eigenvalue weighted by Gasteiger charge is -2.37. The maximum Gasteiger partial charge on any atom is 0.407 e. The summed E-state index contributed by atoms with van der Waals surface area (Å²) >= 11 is 3.48. The molecule has 0 aliphatic heterocycles. The first-order valence-corrected chi connectivity index (χ1v) is 29.4. The zero-order chi connectivity index (χ0) is 50.0. The van der Waals surface area contributed by atoms with Gasteiger partial charge in [0.05, 0.1) is 6.42 Å². The summed E-state index contributed by atoms with van der Waals surface area (Å²) < 4.78 is 10.5. The average molecular weight is 1010 g/mol. The molecule has 15 nitrogen and oxygen atoms in total. The van der Waals surface area contributed by atoms with Gasteiger partial charge in [0.1, 0.15) is 11.2 Å². The molecular weight excluding hydrogens is 919 g/mol. The molecule has 388 valence electrons. The Morgan fingerprint density at radius 3 is 1.15 bits per heavy atom. The Labute approximate surface area is 415 Å². The first-order chi connectivity index (χ1) is 31.1. The van der Waals surface area contributed by atoms with Crippen LogP contribution in [0, 0.1) is 16.2 Å². The first-order valence-electron chi connectivity index (χ1n) is 24.1. The van der Waals surface area contributed by atoms with E-state index in [1.165, 1.54) is 25.7 Å². The molecule has 0 unspecified atom stereocenters. The molecule has 0 atom stereocenters. The lowest BCUT2D eigenvalue weighted by atomic mass is 9.71. The number of amides is 4. The maximum absolute atomic E-state index is 12.2. The van der Waals surface area contributed by atoms with Crippen molar-refractivity contribution in [2.24, 2.45) is 33.4 Å². The molecule has 0 aromatic carbocycles. The van der Waals surface area contributed by atoms with Crippen LogP contribution in [0.1, 0.15) is 157 Å². The van der Waals surface area contributed by atoms with E-state index in [0.29, 0.717) is 39.0 Å². The maximum atomic E-state index is 12.2. The number of hydrogen-bond acceptors (Lipinski definition) is 14. The fourth-order valence-corrected chi connectivity index (χ4v) is 10.6. The third-order valence-corrected chi connectivity index (χ3v) is 15.2. The van der Waals surface area contributed by atoms with Gasteiger partial charge in [-0.3, -0.25) is 14.4 Å². The number of alkyl carbamates (subject to hydrolysis) is 2. The van der Waals surface area contributed by atoms with Crippen LogP contribution in [-0.2, 0) is 23.9 Å². The second-order valence-corrected chi connectivity index (χ2v) is 24.6. The Hall–Kier alpha value is -1.77. The number of rotatable bonds is 22. The van der Waals surface area contributed by atoms with Crippen molar-refractivity contribution >= 4 is 75.1 Å². The first kappa shape index (κ1) is 64.2. The molecule has 11 N–H and O–H groups in total. The number of nitrogens with two attached hydrogens (primary N) is 3. The van der Waals surface area contributed by atoms with E-state index >= 15 is 0 Å². The Morgan fingerprint density at radius 2 is 0.848 bits per heavy atom. The van der Waals surface area contributed by atoms with Gasteiger partial charge in [0, 0.05) is 75.1 Å². The fourth-order valence-electron chi connectivity index (χ4n) is 8.26. The predicted octanol–water partition coefficient (Wildman–Crippen LogP) is 8.32. The van der Waals surface area contributed by atoms with E-state index in [4.69, 9.17) is 31.8 Å². The number of carboxylic acids is 1. The van der Waals surface area contributed by atoms with E-state index in [0.717, 1.165) is 113 Å². The smallest absolute Gasteiger partial charge is 0.407 e. The summed E-state index contributed by atoms with van der Waals surface area (Å²) in [5.74, 6) is 3.45. The fraction of sp³-hybridized carbons (Fsp3) is 0.894. The SMILES string of the molecule is CC(C)(C)OC(=O)NCC1(CC(=O)O)CCCCC1.CSCCNC(=O)CC1(CN)CCCCC1.CSCCNC(=O)CC1(CNC(=O)OC(C)(C)C)CCCCC1.NCCSSCCN. The summed E-state index contributed by atoms with van der Waals surface area (Å²) in [6.07, 6.45) is 20.8. The normalized spacial score (nSPS) is 17.3. The second kappa shape index (κ2) is 36.2. The zero-order valence-corrected chi connectivity index (χ0v) is 45.4. The van der Waals surface area contributed by atoms with E-state index in [1.807, 2.05) is 27.0 Å². The van der Waals surface area contributed by atoms with Crippen molar-refractivity contribution in [2.75, 3.05) is 81.3 Å². The third-order valence-electron chi connectivity index (χ3n) is 11.5. The van der Waals surface area contributed by atoms with E-state index in [9.17, 15) is 24.0 Å². The largest absolute Gasteiger partial charge is 0.481 e. The number of aliphatic carboxylic acids is 1. The Morgan fingerprint density at radius 1 is 0.515 bits per heavy atom. The topological polar surface area (TPSA) is 250 Å². The Bertz CT molecular complexity index is 1330. The average Bonchev–Trinajstić information content (AvgIpc) is 3.24. The van der Waals surface area contributed by atoms with Gasteiger partial charge in [0.25, 0.3) is 0 Å². The summed E-state index contributed by atoms with van der Waals surface area (Å²) in [5.41, 5.74) is 15.0. The van der Waals surface area contributed by atoms with Crippen molar-refractivity contribution in [2.45, 2.75) is 168 Å². The van der Waals surface area contributed by atoms with Crippen molar-refractivity contribution in [3.63, 3.8) is 0 Å². The van der Waals surface area contributed by atoms with Crippen LogP contribution in [0.25, 0.3) is 0 Å². The number of carbonyl (C=O) groups is 5. The zero-order valence-electron chi connectivity index (χ0n) is 42.2. The van der Waals surface area contributed by atoms with Crippen molar-refractivity contribution in [1.29, 1.82) is 0 Å². The Kier molecular flexibility index (Phi) is 35.2. The molecule has 4 amide bonds. The lowest BCUT2D eigenvalue weighted by Crippen LogP contribution is -2.44. The molecule has 0 heterocycles. The standard InChI is InChI=1S/C17H32N2O3S.C14H25NO4.C12H24N2OS.C4H12N2S2/c1-16(2,3)22-15(21)19-13-17(8-6-5-7-9-17)12-14(20)18-10-11-23-4;1-13(2,3)19-12(18)15-10-14(9-11(16)17)7-5-4-6-8-14;1-16-8-7-14-11(15)9-12(10-13)5-3-2-4-6-12;5-1-3-7-8-4-2-6/h5-13H2,1-4H3,(H,18,20)(H,19,21);4-10H2,1-3H3,(H,15,18)(H,16,17);2-10,13H2,1H3,(H,14,15);1-6H2. The number of ether oxygens (including phenoxy) is 2. The molecule has 3 fully saturated rings. The summed E-state index contributed by atoms with van der Waals surface area (Å²) in [6, 6.07) is 0. The van der Waals surface area contributed by atoms with Crippen LogP contribution in [0.4, 0.5) is 9.59 Å². The number of thioether (sulfide) groups is 2. The molecule has 0 saturated heterocycles. The molecule has 19 heteroatoms. The van der Waals surface area contributed by atoms with Gasteiger partial charge >= 0.3 is 18.2 Å². The number of nitrogens with one attached hydrogen (secondary N) is 4. The molecule has 0 radical (unpaired) electrons. The van der Waals surface area contributed by atoms with Crippen LogP contribution >= 0.6 is 45.1 Å². The van der Waals surface area contributed by atoms with Crippen LogP contribution in [0.5, 0.6) is 0 Å². The van der Waals surface area contributed by atoms with E-state index in [2.05, 4.69) is 27.5 Å². The van der Waals surface area contributed by atoms with E-state index in [1.54, 1.807) is 65.9 Å². The highest BCUT2D eigenvalue weighted by molar-refractivity contribution is 8.76. The minimum Gasteiger partial charge on any atom is -0.481 e. The summed E-state index contributed by atoms with van der Waals surface area (Å²) in [5, 5.41) is 20.6. The number of hydrogen-bond donors (Lipinski definition) is 8. The quantitative estimate of drug-likeness (QED) is 0.0375. The Balaban J connectivity index is 0.000000897. The number of carboxylic acid groups (broad SMARTS) is 1. The van der Waals surface area contributed by atoms with Gasteiger partial charge in [-0.25, -0.2) is 9.59 Å². The molecule has 0 bridgehead atoms. The van der Waals surface area contributed by atoms with Gasteiger partial charge in [0.15, 0.2) is 0 Å². The summed E-state index contributed by atoms with van der Waals surface area (Å²) in [6.45, 7) is 15.5. The van der Waals surface area contributed by atoms with Crippen molar-refractivity contribution in [3.8, 4) is 0 Å². The summed E-state index contributed by atoms with van der Waals surface area (Å²) in [4.78, 5) is 58.5. The van der Waals surface area contributed by atoms with E-state index < -0.39 is 29.4 Å². The molecular formula is C47H93N7O8S4. The minimum atomic E-state index is -0.798. The van der Waals surface area contributed by atoms with Crippen LogP contribution in [0.15, 0.2) is 0 Å². The molecule has 0 aromatic heterocycles. The third kappa shape index (κ3) is 33.7. The van der Waals surface area contributed by atoms with Gasteiger partial charge < -0.3 is 53.0 Å². The van der Waals surface area contributed by atoms with Gasteiger partial charge in [-0.05, 0) is 115 Å². The molecule has 3 aliphatic carbocycles. The molecule has 0 spiro atoms. The van der Waals surface area contributed by atoms with Gasteiger partial charge in [0.2, 0.25) is 11.8 Å². The van der Waals surface area contributed by atoms with Crippen LogP contribution in [0.2, 0.25) is 0 Å².